The van der Waals surface area contributed by atoms with Gasteiger partial charge in [-0.15, -0.1) is 0 Å². The minimum atomic E-state index is -3.49. The van der Waals surface area contributed by atoms with Gasteiger partial charge in [0.15, 0.2) is 9.84 Å². The first-order chi connectivity index (χ1) is 15.3. The predicted octanol–water partition coefficient (Wildman–Crippen LogP) is 4.34. The second kappa shape index (κ2) is 8.64. The molecule has 164 valence electrons. The molecule has 0 bridgehead atoms. The van der Waals surface area contributed by atoms with Crippen LogP contribution in [0.3, 0.4) is 0 Å². The van der Waals surface area contributed by atoms with Gasteiger partial charge >= 0.3 is 0 Å². The first kappa shape index (κ1) is 21.9. The minimum absolute atomic E-state index is 0.0322. The Morgan fingerprint density at radius 2 is 1.88 bits per heavy atom. The fourth-order valence-corrected chi connectivity index (χ4v) is 4.41. The quantitative estimate of drug-likeness (QED) is 0.409. The third-order valence-corrected chi connectivity index (χ3v) is 7.04. The number of carbonyl (C=O) groups is 1. The number of anilines is 1. The molecule has 9 heteroatoms. The molecule has 0 atom stereocenters. The average Bonchev–Trinajstić information content (AvgIpc) is 3.14. The Hall–Kier alpha value is -3.36. The van der Waals surface area contributed by atoms with Crippen LogP contribution >= 0.6 is 11.6 Å². The number of imidazole rings is 1. The van der Waals surface area contributed by atoms with Gasteiger partial charge in [0.1, 0.15) is 11.4 Å². The van der Waals surface area contributed by atoms with Crippen LogP contribution < -0.4 is 5.32 Å². The van der Waals surface area contributed by atoms with Crippen LogP contribution in [0.25, 0.3) is 16.9 Å². The molecule has 32 heavy (non-hydrogen) atoms. The topological polar surface area (TPSA) is 101 Å². The summed E-state index contributed by atoms with van der Waals surface area (Å²) in [7, 11) is -3.49. The fraction of sp³-hybridized carbons (Fsp3) is 0.130. The molecule has 0 fully saturated rings. The van der Waals surface area contributed by atoms with Crippen molar-refractivity contribution in [2.45, 2.75) is 18.2 Å². The summed E-state index contributed by atoms with van der Waals surface area (Å²) in [4.78, 5) is 17.6. The van der Waals surface area contributed by atoms with Crippen LogP contribution in [0, 0.1) is 0 Å². The zero-order valence-corrected chi connectivity index (χ0v) is 18.7. The number of hydrogen-bond donors (Lipinski definition) is 2. The Bertz CT molecular complexity index is 1410. The van der Waals surface area contributed by atoms with Gasteiger partial charge in [-0.25, -0.2) is 13.4 Å². The molecule has 0 aliphatic heterocycles. The maximum atomic E-state index is 12.9. The molecule has 0 aliphatic carbocycles. The SMILES string of the molecule is CCS(=O)(=O)c1ccc(O)c(NC(=O)Cc2c(-c3ccc(Cl)cc3)nc3ccccn23)c1. The Balaban J connectivity index is 1.68. The Kier molecular flexibility index (Phi) is 5.90. The molecular weight excluding hydrogens is 450 g/mol. The van der Waals surface area contributed by atoms with Gasteiger partial charge in [0, 0.05) is 16.8 Å². The lowest BCUT2D eigenvalue weighted by Gasteiger charge is -2.11. The fourth-order valence-electron chi connectivity index (χ4n) is 3.38. The standard InChI is InChI=1S/C23H20ClN3O4S/c1-2-32(30,31)17-10-11-20(28)18(13-17)25-22(29)14-19-23(15-6-8-16(24)9-7-15)26-21-5-3-4-12-27(19)21/h3-13,28H,2,14H2,1H3,(H,25,29). The monoisotopic (exact) mass is 469 g/mol. The summed E-state index contributed by atoms with van der Waals surface area (Å²) in [5.41, 5.74) is 2.80. The number of fused-ring (bicyclic) bond motifs is 1. The highest BCUT2D eigenvalue weighted by Crippen LogP contribution is 2.29. The Morgan fingerprint density at radius 3 is 2.59 bits per heavy atom. The maximum absolute atomic E-state index is 12.9. The van der Waals surface area contributed by atoms with Crippen molar-refractivity contribution in [1.29, 1.82) is 0 Å². The van der Waals surface area contributed by atoms with Crippen LogP contribution in [-0.2, 0) is 21.1 Å². The minimum Gasteiger partial charge on any atom is -0.506 e. The Morgan fingerprint density at radius 1 is 1.12 bits per heavy atom. The van der Waals surface area contributed by atoms with Crippen molar-refractivity contribution in [3.8, 4) is 17.0 Å². The molecule has 2 heterocycles. The number of benzene rings is 2. The summed E-state index contributed by atoms with van der Waals surface area (Å²) in [6.07, 6.45) is 1.77. The lowest BCUT2D eigenvalue weighted by atomic mass is 10.1. The third-order valence-electron chi connectivity index (χ3n) is 5.06. The van der Waals surface area contributed by atoms with Crippen LogP contribution in [0.1, 0.15) is 12.6 Å². The van der Waals surface area contributed by atoms with Crippen molar-refractivity contribution in [2.75, 3.05) is 11.1 Å². The van der Waals surface area contributed by atoms with E-state index >= 15 is 0 Å². The van der Waals surface area contributed by atoms with Crippen molar-refractivity contribution < 1.29 is 18.3 Å². The van der Waals surface area contributed by atoms with Gasteiger partial charge < -0.3 is 14.8 Å². The highest BCUT2D eigenvalue weighted by molar-refractivity contribution is 7.91. The first-order valence-corrected chi connectivity index (χ1v) is 11.9. The molecule has 0 saturated carbocycles. The number of carbonyl (C=O) groups excluding carboxylic acids is 1. The second-order valence-corrected chi connectivity index (χ2v) is 9.86. The number of aromatic nitrogens is 2. The summed E-state index contributed by atoms with van der Waals surface area (Å²) < 4.78 is 26.1. The third kappa shape index (κ3) is 4.32. The lowest BCUT2D eigenvalue weighted by Crippen LogP contribution is -2.16. The molecule has 0 radical (unpaired) electrons. The summed E-state index contributed by atoms with van der Waals surface area (Å²) in [6, 6.07) is 16.5. The van der Waals surface area contributed by atoms with Crippen molar-refractivity contribution in [2.24, 2.45) is 0 Å². The van der Waals surface area contributed by atoms with Crippen molar-refractivity contribution in [1.82, 2.24) is 9.38 Å². The molecule has 0 aliphatic rings. The van der Waals surface area contributed by atoms with Crippen LogP contribution in [0.15, 0.2) is 71.8 Å². The van der Waals surface area contributed by atoms with Crippen molar-refractivity contribution in [3.63, 3.8) is 0 Å². The van der Waals surface area contributed by atoms with Crippen LogP contribution in [-0.4, -0.2) is 34.6 Å². The summed E-state index contributed by atoms with van der Waals surface area (Å²) in [5, 5.41) is 13.4. The molecule has 4 aromatic rings. The second-order valence-electron chi connectivity index (χ2n) is 7.15. The van der Waals surface area contributed by atoms with Crippen LogP contribution in [0.5, 0.6) is 5.75 Å². The molecule has 1 amide bonds. The predicted molar refractivity (Wildman–Crippen MR) is 124 cm³/mol. The number of phenols is 1. The van der Waals surface area contributed by atoms with E-state index in [1.54, 1.807) is 12.1 Å². The van der Waals surface area contributed by atoms with E-state index in [-0.39, 0.29) is 28.5 Å². The summed E-state index contributed by atoms with van der Waals surface area (Å²) in [6.45, 7) is 1.53. The molecule has 7 nitrogen and oxygen atoms in total. The molecule has 2 aromatic carbocycles. The van der Waals surface area contributed by atoms with E-state index in [1.807, 2.05) is 40.9 Å². The highest BCUT2D eigenvalue weighted by atomic mass is 35.5. The highest BCUT2D eigenvalue weighted by Gasteiger charge is 2.19. The summed E-state index contributed by atoms with van der Waals surface area (Å²) >= 11 is 6.01. The summed E-state index contributed by atoms with van der Waals surface area (Å²) in [5.74, 6) is -0.728. The zero-order valence-electron chi connectivity index (χ0n) is 17.1. The van der Waals surface area contributed by atoms with Crippen LogP contribution in [0.4, 0.5) is 5.69 Å². The van der Waals surface area contributed by atoms with E-state index in [2.05, 4.69) is 10.3 Å². The van der Waals surface area contributed by atoms with E-state index in [0.29, 0.717) is 22.1 Å². The number of aromatic hydroxyl groups is 1. The van der Waals surface area contributed by atoms with E-state index in [4.69, 9.17) is 11.6 Å². The lowest BCUT2D eigenvalue weighted by molar-refractivity contribution is -0.115. The zero-order chi connectivity index (χ0) is 22.9. The number of pyridine rings is 1. The molecule has 2 aromatic heterocycles. The van der Waals surface area contributed by atoms with Gasteiger partial charge in [0.2, 0.25) is 5.91 Å². The largest absolute Gasteiger partial charge is 0.506 e. The van der Waals surface area contributed by atoms with E-state index in [9.17, 15) is 18.3 Å². The van der Waals surface area contributed by atoms with E-state index < -0.39 is 15.7 Å². The average molecular weight is 470 g/mol. The number of rotatable bonds is 6. The number of halogens is 1. The number of phenolic OH excluding ortho intramolecular Hbond substituents is 1. The van der Waals surface area contributed by atoms with Gasteiger partial charge in [0.25, 0.3) is 0 Å². The number of nitrogens with one attached hydrogen (secondary N) is 1. The molecule has 2 N–H and O–H groups in total. The number of amides is 1. The van der Waals surface area contributed by atoms with Gasteiger partial charge in [-0.2, -0.15) is 0 Å². The van der Waals surface area contributed by atoms with Gasteiger partial charge in [-0.3, -0.25) is 4.79 Å². The Labute approximate surface area is 190 Å². The van der Waals surface area contributed by atoms with Crippen LogP contribution in [0.2, 0.25) is 5.02 Å². The molecular formula is C23H20ClN3O4S. The molecule has 0 spiro atoms. The molecule has 4 rings (SSSR count). The van der Waals surface area contributed by atoms with Gasteiger partial charge in [0.05, 0.1) is 34.1 Å². The number of nitrogens with zero attached hydrogens (tertiary/aromatic N) is 2. The number of hydrogen-bond acceptors (Lipinski definition) is 5. The van der Waals surface area contributed by atoms with Crippen molar-refractivity contribution in [3.05, 3.63) is 77.6 Å². The van der Waals surface area contributed by atoms with E-state index in [1.165, 1.54) is 25.1 Å². The smallest absolute Gasteiger partial charge is 0.230 e. The first-order valence-electron chi connectivity index (χ1n) is 9.86. The van der Waals surface area contributed by atoms with Gasteiger partial charge in [-0.1, -0.05) is 36.7 Å². The van der Waals surface area contributed by atoms with Crippen molar-refractivity contribution >= 4 is 38.7 Å². The molecule has 0 saturated heterocycles. The maximum Gasteiger partial charge on any atom is 0.230 e. The number of sulfone groups is 1. The normalized spacial score (nSPS) is 11.6. The van der Waals surface area contributed by atoms with E-state index in [0.717, 1.165) is 5.56 Å². The molecule has 0 unspecified atom stereocenters. The van der Waals surface area contributed by atoms with Gasteiger partial charge in [-0.05, 0) is 42.5 Å².